The average Bonchev–Trinajstić information content (AvgIpc) is 2.36. The van der Waals surface area contributed by atoms with Crippen LogP contribution >= 0.6 is 0 Å². The van der Waals surface area contributed by atoms with Crippen molar-refractivity contribution in [2.45, 2.75) is 71.8 Å². The molecule has 1 nitrogen and oxygen atoms in total. The molecule has 0 saturated heterocycles. The topological polar surface area (TPSA) is 12.0 Å². The quantitative estimate of drug-likeness (QED) is 0.777. The summed E-state index contributed by atoms with van der Waals surface area (Å²) < 4.78 is 14.6. The number of rotatable bonds is 4. The third kappa shape index (κ3) is 4.29. The molecule has 1 saturated carbocycles. The Morgan fingerprint density at radius 1 is 1.10 bits per heavy atom. The van der Waals surface area contributed by atoms with E-state index in [-0.39, 0.29) is 11.9 Å². The molecule has 1 aliphatic rings. The maximum atomic E-state index is 14.6. The SMILES string of the molecule is CCNC(c1c(C)cc(C)cc1F)C1CCCCCCC1. The highest BCUT2D eigenvalue weighted by Crippen LogP contribution is 2.35. The summed E-state index contributed by atoms with van der Waals surface area (Å²) in [5.41, 5.74) is 3.02. The van der Waals surface area contributed by atoms with E-state index in [4.69, 9.17) is 0 Å². The van der Waals surface area contributed by atoms with E-state index in [1.54, 1.807) is 6.07 Å². The van der Waals surface area contributed by atoms with Crippen LogP contribution in [0.1, 0.15) is 74.6 Å². The minimum absolute atomic E-state index is 0.0273. The van der Waals surface area contributed by atoms with Crippen LogP contribution < -0.4 is 5.32 Å². The Bertz CT molecular complexity index is 424. The lowest BCUT2D eigenvalue weighted by Crippen LogP contribution is -2.30. The van der Waals surface area contributed by atoms with Crippen LogP contribution in [0.15, 0.2) is 12.1 Å². The Morgan fingerprint density at radius 2 is 1.71 bits per heavy atom. The van der Waals surface area contributed by atoms with Crippen molar-refractivity contribution in [3.8, 4) is 0 Å². The molecule has 0 spiro atoms. The van der Waals surface area contributed by atoms with Crippen LogP contribution in [0.5, 0.6) is 0 Å². The fourth-order valence-corrected chi connectivity index (χ4v) is 3.87. The van der Waals surface area contributed by atoms with Crippen molar-refractivity contribution < 1.29 is 4.39 Å². The van der Waals surface area contributed by atoms with Crippen molar-refractivity contribution >= 4 is 0 Å². The van der Waals surface area contributed by atoms with E-state index in [0.717, 1.165) is 23.2 Å². The highest BCUT2D eigenvalue weighted by molar-refractivity contribution is 5.34. The fraction of sp³-hybridized carbons (Fsp3) is 0.684. The van der Waals surface area contributed by atoms with Crippen LogP contribution in [0.25, 0.3) is 0 Å². The van der Waals surface area contributed by atoms with E-state index in [0.29, 0.717) is 5.92 Å². The Morgan fingerprint density at radius 3 is 2.29 bits per heavy atom. The van der Waals surface area contributed by atoms with Gasteiger partial charge >= 0.3 is 0 Å². The van der Waals surface area contributed by atoms with E-state index in [1.165, 1.54) is 44.9 Å². The molecule has 1 fully saturated rings. The van der Waals surface area contributed by atoms with Gasteiger partial charge in [0, 0.05) is 11.6 Å². The fourth-order valence-electron chi connectivity index (χ4n) is 3.87. The summed E-state index contributed by atoms with van der Waals surface area (Å²) in [5, 5.41) is 3.58. The first-order valence-corrected chi connectivity index (χ1v) is 8.63. The van der Waals surface area contributed by atoms with Gasteiger partial charge in [0.25, 0.3) is 0 Å². The molecule has 118 valence electrons. The summed E-state index contributed by atoms with van der Waals surface area (Å²) in [7, 11) is 0. The van der Waals surface area contributed by atoms with E-state index in [2.05, 4.69) is 25.2 Å². The minimum Gasteiger partial charge on any atom is -0.310 e. The predicted octanol–water partition coefficient (Wildman–Crippen LogP) is 5.45. The van der Waals surface area contributed by atoms with Gasteiger partial charge in [0.15, 0.2) is 0 Å². The molecule has 0 bridgehead atoms. The van der Waals surface area contributed by atoms with Crippen molar-refractivity contribution in [1.82, 2.24) is 5.32 Å². The summed E-state index contributed by atoms with van der Waals surface area (Å²) in [4.78, 5) is 0. The first-order valence-electron chi connectivity index (χ1n) is 8.63. The number of halogens is 1. The summed E-state index contributed by atoms with van der Waals surface area (Å²) in [6.45, 7) is 7.04. The number of hydrogen-bond donors (Lipinski definition) is 1. The maximum absolute atomic E-state index is 14.6. The lowest BCUT2D eigenvalue weighted by Gasteiger charge is -2.31. The molecular weight excluding hydrogens is 261 g/mol. The first-order chi connectivity index (χ1) is 10.1. The van der Waals surface area contributed by atoms with Gasteiger partial charge in [-0.05, 0) is 56.3 Å². The van der Waals surface area contributed by atoms with E-state index >= 15 is 0 Å². The van der Waals surface area contributed by atoms with E-state index < -0.39 is 0 Å². The molecule has 1 aromatic rings. The second-order valence-electron chi connectivity index (χ2n) is 6.62. The standard InChI is InChI=1S/C19H30FN/c1-4-21-19(16-10-8-6-5-7-9-11-16)18-15(3)12-14(2)13-17(18)20/h12-13,16,19,21H,4-11H2,1-3H3. The van der Waals surface area contributed by atoms with Gasteiger partial charge in [-0.3, -0.25) is 0 Å². The van der Waals surface area contributed by atoms with Crippen LogP contribution in [-0.2, 0) is 0 Å². The van der Waals surface area contributed by atoms with Crippen LogP contribution in [0.4, 0.5) is 4.39 Å². The normalized spacial score (nSPS) is 19.0. The van der Waals surface area contributed by atoms with Gasteiger partial charge in [-0.15, -0.1) is 0 Å². The second kappa shape index (κ2) is 7.93. The first kappa shape index (κ1) is 16.5. The third-order valence-electron chi connectivity index (χ3n) is 4.84. The van der Waals surface area contributed by atoms with Gasteiger partial charge < -0.3 is 5.32 Å². The molecule has 2 rings (SSSR count). The van der Waals surface area contributed by atoms with Crippen LogP contribution in [-0.4, -0.2) is 6.54 Å². The Balaban J connectivity index is 2.28. The summed E-state index contributed by atoms with van der Waals surface area (Å²) >= 11 is 0. The Kier molecular flexibility index (Phi) is 6.22. The third-order valence-corrected chi connectivity index (χ3v) is 4.84. The van der Waals surface area contributed by atoms with Gasteiger partial charge in [0.2, 0.25) is 0 Å². The zero-order valence-electron chi connectivity index (χ0n) is 13.8. The number of benzene rings is 1. The number of nitrogens with one attached hydrogen (secondary N) is 1. The van der Waals surface area contributed by atoms with Gasteiger partial charge in [-0.2, -0.15) is 0 Å². The highest BCUT2D eigenvalue weighted by atomic mass is 19.1. The van der Waals surface area contributed by atoms with E-state index in [9.17, 15) is 4.39 Å². The van der Waals surface area contributed by atoms with Crippen molar-refractivity contribution in [2.75, 3.05) is 6.54 Å². The highest BCUT2D eigenvalue weighted by Gasteiger charge is 2.26. The van der Waals surface area contributed by atoms with Crippen LogP contribution in [0.2, 0.25) is 0 Å². The van der Waals surface area contributed by atoms with Gasteiger partial charge in [-0.25, -0.2) is 4.39 Å². The zero-order valence-corrected chi connectivity index (χ0v) is 13.8. The molecule has 1 aromatic carbocycles. The smallest absolute Gasteiger partial charge is 0.128 e. The molecule has 1 atom stereocenters. The van der Waals surface area contributed by atoms with Crippen LogP contribution in [0.3, 0.4) is 0 Å². The number of hydrogen-bond acceptors (Lipinski definition) is 1. The van der Waals surface area contributed by atoms with Gasteiger partial charge in [0.1, 0.15) is 5.82 Å². The number of aryl methyl sites for hydroxylation is 2. The summed E-state index contributed by atoms with van der Waals surface area (Å²) in [6, 6.07) is 3.98. The Labute approximate surface area is 129 Å². The molecule has 1 aliphatic carbocycles. The Hall–Kier alpha value is -0.890. The molecule has 0 amide bonds. The molecule has 0 heterocycles. The largest absolute Gasteiger partial charge is 0.310 e. The molecule has 21 heavy (non-hydrogen) atoms. The summed E-state index contributed by atoms with van der Waals surface area (Å²) in [6.07, 6.45) is 9.08. The zero-order chi connectivity index (χ0) is 15.2. The molecule has 2 heteroatoms. The van der Waals surface area contributed by atoms with Crippen LogP contribution in [0, 0.1) is 25.6 Å². The molecule has 0 radical (unpaired) electrons. The minimum atomic E-state index is -0.0273. The van der Waals surface area contributed by atoms with Gasteiger partial charge in [-0.1, -0.05) is 45.1 Å². The molecular formula is C19H30FN. The summed E-state index contributed by atoms with van der Waals surface area (Å²) in [5.74, 6) is 0.543. The van der Waals surface area contributed by atoms with E-state index in [1.807, 2.05) is 6.92 Å². The molecule has 0 aromatic heterocycles. The maximum Gasteiger partial charge on any atom is 0.128 e. The second-order valence-corrected chi connectivity index (χ2v) is 6.62. The molecule has 0 aliphatic heterocycles. The molecule has 1 N–H and O–H groups in total. The van der Waals surface area contributed by atoms with Crippen molar-refractivity contribution in [3.63, 3.8) is 0 Å². The van der Waals surface area contributed by atoms with Crippen molar-refractivity contribution in [2.24, 2.45) is 5.92 Å². The van der Waals surface area contributed by atoms with Crippen molar-refractivity contribution in [1.29, 1.82) is 0 Å². The monoisotopic (exact) mass is 291 g/mol. The average molecular weight is 291 g/mol. The van der Waals surface area contributed by atoms with Crippen molar-refractivity contribution in [3.05, 3.63) is 34.6 Å². The van der Waals surface area contributed by atoms with Gasteiger partial charge in [0.05, 0.1) is 0 Å². The predicted molar refractivity (Wildman–Crippen MR) is 88.1 cm³/mol. The lowest BCUT2D eigenvalue weighted by molar-refractivity contribution is 0.285. The lowest BCUT2D eigenvalue weighted by atomic mass is 9.81. The molecule has 1 unspecified atom stereocenters.